The van der Waals surface area contributed by atoms with Crippen molar-refractivity contribution < 1.29 is 9.15 Å². The van der Waals surface area contributed by atoms with Crippen LogP contribution in [0.1, 0.15) is 5.56 Å². The van der Waals surface area contributed by atoms with Gasteiger partial charge in [0.25, 0.3) is 0 Å². The molecule has 0 radical (unpaired) electrons. The molecule has 10 heteroatoms. The molecule has 0 aliphatic rings. The second kappa shape index (κ2) is 5.87. The van der Waals surface area contributed by atoms with Crippen LogP contribution in [-0.4, -0.2) is 27.1 Å². The Morgan fingerprint density at radius 3 is 2.68 bits per heavy atom. The molecule has 0 fully saturated rings. The van der Waals surface area contributed by atoms with Gasteiger partial charge in [-0.25, -0.2) is 4.79 Å². The predicted octanol–water partition coefficient (Wildman–Crippen LogP) is 0.717. The van der Waals surface area contributed by atoms with Crippen molar-refractivity contribution in [3.05, 3.63) is 46.4 Å². The zero-order chi connectivity index (χ0) is 13.9. The summed E-state index contributed by atoms with van der Waals surface area (Å²) < 4.78 is 11.1. The van der Waals surface area contributed by atoms with Crippen LogP contribution < -0.4 is 10.3 Å². The van der Waals surface area contributed by atoms with Crippen molar-refractivity contribution in [2.24, 2.45) is 0 Å². The third kappa shape index (κ3) is 3.66. The summed E-state index contributed by atoms with van der Waals surface area (Å²) >= 11 is 8.92. The number of aromatic nitrogens is 4. The quantitative estimate of drug-likeness (QED) is 0.647. The fourth-order valence-corrected chi connectivity index (χ4v) is 2.06. The van der Waals surface area contributed by atoms with Crippen molar-refractivity contribution in [3.63, 3.8) is 0 Å². The first-order valence-electron chi connectivity index (χ1n) is 5.17. The summed E-state index contributed by atoms with van der Waals surface area (Å²) in [5.41, 5.74) is -2.43. The molecule has 19 heavy (non-hydrogen) atoms. The molecule has 0 saturated carbocycles. The van der Waals surface area contributed by atoms with Gasteiger partial charge in [0.2, 0.25) is 0 Å². The standard InChI is InChI=1S/C9H11N4O3PS2/c1-15-17(18,19)16-13-9(14)12(10-11-13)7-8-5-3-2-4-6-8/h2-6H,7H2,1H3,(H,18,19). The Labute approximate surface area is 119 Å². The van der Waals surface area contributed by atoms with Crippen LogP contribution in [0.4, 0.5) is 0 Å². The highest BCUT2D eigenvalue weighted by atomic mass is 32.9. The lowest BCUT2D eigenvalue weighted by molar-refractivity contribution is 0.211. The maximum absolute atomic E-state index is 11.9. The third-order valence-electron chi connectivity index (χ3n) is 2.20. The Kier molecular flexibility index (Phi) is 4.41. The van der Waals surface area contributed by atoms with Gasteiger partial charge in [-0.2, -0.15) is 4.68 Å². The van der Waals surface area contributed by atoms with E-state index in [2.05, 4.69) is 22.7 Å². The molecule has 0 spiro atoms. The van der Waals surface area contributed by atoms with Gasteiger partial charge in [-0.1, -0.05) is 42.6 Å². The van der Waals surface area contributed by atoms with Crippen LogP contribution >= 0.6 is 17.9 Å². The number of hydrogen-bond donors (Lipinski definition) is 1. The van der Waals surface area contributed by atoms with E-state index in [9.17, 15) is 4.79 Å². The average molecular weight is 318 g/mol. The molecule has 0 aliphatic heterocycles. The Hall–Kier alpha value is -1.15. The van der Waals surface area contributed by atoms with E-state index in [1.165, 1.54) is 7.11 Å². The minimum Gasteiger partial charge on any atom is -0.324 e. The van der Waals surface area contributed by atoms with Gasteiger partial charge in [0.05, 0.1) is 6.54 Å². The molecule has 2 aromatic rings. The Morgan fingerprint density at radius 1 is 1.37 bits per heavy atom. The molecule has 0 saturated heterocycles. The largest absolute Gasteiger partial charge is 0.398 e. The van der Waals surface area contributed by atoms with Gasteiger partial charge in [0.15, 0.2) is 0 Å². The van der Waals surface area contributed by atoms with Gasteiger partial charge in [0.1, 0.15) is 0 Å². The summed E-state index contributed by atoms with van der Waals surface area (Å²) in [6.45, 7) is 0.297. The first-order chi connectivity index (χ1) is 9.02. The first kappa shape index (κ1) is 14.3. The lowest BCUT2D eigenvalue weighted by Gasteiger charge is -2.11. The molecule has 7 nitrogen and oxygen atoms in total. The average Bonchev–Trinajstić information content (AvgIpc) is 2.72. The van der Waals surface area contributed by atoms with Crippen molar-refractivity contribution in [2.45, 2.75) is 6.54 Å². The van der Waals surface area contributed by atoms with Gasteiger partial charge < -0.3 is 9.15 Å². The van der Waals surface area contributed by atoms with Crippen molar-refractivity contribution in [2.75, 3.05) is 7.11 Å². The van der Waals surface area contributed by atoms with Crippen LogP contribution in [0.5, 0.6) is 0 Å². The summed E-state index contributed by atoms with van der Waals surface area (Å²) in [6, 6.07) is 9.40. The van der Waals surface area contributed by atoms with E-state index in [0.717, 1.165) is 10.2 Å². The molecule has 1 aromatic heterocycles. The molecule has 0 bridgehead atoms. The molecule has 2 rings (SSSR count). The number of benzene rings is 1. The number of rotatable bonds is 5. The van der Waals surface area contributed by atoms with E-state index >= 15 is 0 Å². The predicted molar refractivity (Wildman–Crippen MR) is 76.7 cm³/mol. The second-order valence-electron chi connectivity index (χ2n) is 3.51. The van der Waals surface area contributed by atoms with Crippen LogP contribution in [0.3, 0.4) is 0 Å². The van der Waals surface area contributed by atoms with Crippen LogP contribution in [-0.2, 0) is 22.9 Å². The molecule has 1 atom stereocenters. The van der Waals surface area contributed by atoms with Crippen molar-refractivity contribution in [1.29, 1.82) is 0 Å². The van der Waals surface area contributed by atoms with Gasteiger partial charge in [-0.05, 0) is 32.6 Å². The highest BCUT2D eigenvalue weighted by Gasteiger charge is 2.17. The second-order valence-corrected chi connectivity index (χ2v) is 8.81. The van der Waals surface area contributed by atoms with E-state index < -0.39 is 11.4 Å². The molecule has 1 heterocycles. The lowest BCUT2D eigenvalue weighted by Crippen LogP contribution is -2.29. The summed E-state index contributed by atoms with van der Waals surface area (Å²) in [7, 11) is 1.35. The molecule has 1 unspecified atom stereocenters. The minimum atomic E-state index is -2.82. The van der Waals surface area contributed by atoms with Crippen LogP contribution in [0.2, 0.25) is 0 Å². The summed E-state index contributed by atoms with van der Waals surface area (Å²) in [4.78, 5) is 12.6. The molecular weight excluding hydrogens is 307 g/mol. The SMILES string of the molecule is COP(=S)(S)On1nnn(Cc2ccccc2)c1=O. The lowest BCUT2D eigenvalue weighted by atomic mass is 10.2. The van der Waals surface area contributed by atoms with Crippen LogP contribution in [0.25, 0.3) is 0 Å². The van der Waals surface area contributed by atoms with Gasteiger partial charge in [0, 0.05) is 7.11 Å². The zero-order valence-corrected chi connectivity index (χ0v) is 12.5. The Bertz CT molecular complexity index is 657. The molecule has 0 amide bonds. The summed E-state index contributed by atoms with van der Waals surface area (Å²) in [5, 5.41) is 7.28. The topological polar surface area (TPSA) is 71.2 Å². The number of tetrazole rings is 1. The van der Waals surface area contributed by atoms with Crippen molar-refractivity contribution >= 4 is 29.7 Å². The van der Waals surface area contributed by atoms with Crippen LogP contribution in [0, 0.1) is 0 Å². The maximum Gasteiger partial charge on any atom is 0.398 e. The molecule has 0 aliphatic carbocycles. The Morgan fingerprint density at radius 2 is 2.05 bits per heavy atom. The molecule has 102 valence electrons. The van der Waals surface area contributed by atoms with Crippen molar-refractivity contribution in [3.8, 4) is 0 Å². The smallest absolute Gasteiger partial charge is 0.324 e. The first-order valence-corrected chi connectivity index (χ1v) is 8.96. The number of thiol groups is 1. The maximum atomic E-state index is 11.9. The summed E-state index contributed by atoms with van der Waals surface area (Å²) in [5.74, 6) is 0. The summed E-state index contributed by atoms with van der Waals surface area (Å²) in [6.07, 6.45) is 0. The van der Waals surface area contributed by atoms with E-state index in [-0.39, 0.29) is 0 Å². The monoisotopic (exact) mass is 318 g/mol. The van der Waals surface area contributed by atoms with Gasteiger partial charge >= 0.3 is 11.4 Å². The van der Waals surface area contributed by atoms with Crippen LogP contribution in [0.15, 0.2) is 35.1 Å². The Balaban J connectivity index is 2.20. The highest BCUT2D eigenvalue weighted by molar-refractivity contribution is 8.60. The van der Waals surface area contributed by atoms with Crippen molar-refractivity contribution in [1.82, 2.24) is 20.0 Å². The highest BCUT2D eigenvalue weighted by Crippen LogP contribution is 2.48. The fourth-order valence-electron chi connectivity index (χ4n) is 1.30. The fraction of sp³-hybridized carbons (Fsp3) is 0.222. The number of hydrogen-bond acceptors (Lipinski definition) is 6. The third-order valence-corrected chi connectivity index (χ3v) is 4.38. The number of nitrogens with zero attached hydrogens (tertiary/aromatic N) is 4. The van der Waals surface area contributed by atoms with E-state index in [1.807, 2.05) is 30.3 Å². The van der Waals surface area contributed by atoms with Gasteiger partial charge in [-0.15, -0.1) is 0 Å². The molecular formula is C9H11N4O3PS2. The minimum absolute atomic E-state index is 0.297. The van der Waals surface area contributed by atoms with E-state index in [0.29, 0.717) is 11.4 Å². The normalized spacial score (nSPS) is 14.0. The molecule has 0 N–H and O–H groups in total. The zero-order valence-electron chi connectivity index (χ0n) is 9.91. The van der Waals surface area contributed by atoms with Gasteiger partial charge in [-0.3, -0.25) is 0 Å². The van der Waals surface area contributed by atoms with E-state index in [4.69, 9.17) is 21.0 Å². The van der Waals surface area contributed by atoms with E-state index in [1.54, 1.807) is 0 Å². The molecule has 1 aromatic carbocycles.